The largest absolute Gasteiger partial charge is 0.493 e. The first kappa shape index (κ1) is 17.5. The predicted octanol–water partition coefficient (Wildman–Crippen LogP) is 3.91. The molecular formula is C19H18BrNO4. The Balaban J connectivity index is 1.49. The van der Waals surface area contributed by atoms with Gasteiger partial charge in [-0.15, -0.1) is 0 Å². The molecule has 0 fully saturated rings. The summed E-state index contributed by atoms with van der Waals surface area (Å²) in [6, 6.07) is 12.5. The van der Waals surface area contributed by atoms with Crippen molar-refractivity contribution in [1.29, 1.82) is 0 Å². The first-order valence-corrected chi connectivity index (χ1v) is 8.82. The average molecular weight is 404 g/mol. The lowest BCUT2D eigenvalue weighted by Gasteiger charge is -2.14. The topological polar surface area (TPSA) is 55.8 Å². The summed E-state index contributed by atoms with van der Waals surface area (Å²) in [7, 11) is 1.59. The van der Waals surface area contributed by atoms with Crippen molar-refractivity contribution < 1.29 is 19.1 Å². The van der Waals surface area contributed by atoms with Gasteiger partial charge < -0.3 is 9.47 Å². The lowest BCUT2D eigenvalue weighted by molar-refractivity contribution is 0.0649. The van der Waals surface area contributed by atoms with Crippen LogP contribution in [0.25, 0.3) is 0 Å². The van der Waals surface area contributed by atoms with Gasteiger partial charge in [-0.1, -0.05) is 28.1 Å². The molecule has 1 heterocycles. The van der Waals surface area contributed by atoms with E-state index in [9.17, 15) is 9.59 Å². The molecule has 130 valence electrons. The van der Waals surface area contributed by atoms with Crippen LogP contribution in [0.15, 0.2) is 46.9 Å². The number of carbonyl (C=O) groups excluding carboxylic acids is 2. The number of nitrogens with zero attached hydrogens (tertiary/aromatic N) is 1. The highest BCUT2D eigenvalue weighted by Crippen LogP contribution is 2.30. The van der Waals surface area contributed by atoms with Crippen LogP contribution in [0.2, 0.25) is 0 Å². The molecule has 0 saturated heterocycles. The molecule has 0 atom stereocenters. The Morgan fingerprint density at radius 1 is 0.960 bits per heavy atom. The molecule has 2 aromatic rings. The van der Waals surface area contributed by atoms with Gasteiger partial charge in [0.25, 0.3) is 11.8 Å². The van der Waals surface area contributed by atoms with E-state index >= 15 is 0 Å². The van der Waals surface area contributed by atoms with Crippen molar-refractivity contribution in [2.24, 2.45) is 0 Å². The Hall–Kier alpha value is -2.34. The van der Waals surface area contributed by atoms with E-state index < -0.39 is 0 Å². The molecule has 2 aromatic carbocycles. The third-order valence-electron chi connectivity index (χ3n) is 4.04. The molecule has 0 saturated carbocycles. The van der Waals surface area contributed by atoms with Crippen molar-refractivity contribution in [3.05, 3.63) is 58.1 Å². The molecule has 0 N–H and O–H groups in total. The maximum Gasteiger partial charge on any atom is 0.261 e. The van der Waals surface area contributed by atoms with Crippen LogP contribution in [0.5, 0.6) is 11.5 Å². The molecule has 1 aliphatic rings. The number of benzene rings is 2. The summed E-state index contributed by atoms with van der Waals surface area (Å²) < 4.78 is 11.9. The molecule has 3 rings (SSSR count). The number of carbonyl (C=O) groups is 2. The third-order valence-corrected chi connectivity index (χ3v) is 4.53. The van der Waals surface area contributed by atoms with E-state index in [2.05, 4.69) is 15.9 Å². The van der Waals surface area contributed by atoms with Gasteiger partial charge in [0.15, 0.2) is 11.5 Å². The van der Waals surface area contributed by atoms with E-state index in [0.717, 1.165) is 10.9 Å². The summed E-state index contributed by atoms with van der Waals surface area (Å²) in [6.45, 7) is 0.883. The van der Waals surface area contributed by atoms with Crippen LogP contribution < -0.4 is 9.47 Å². The Bertz CT molecular complexity index is 771. The van der Waals surface area contributed by atoms with E-state index in [1.807, 2.05) is 18.2 Å². The van der Waals surface area contributed by atoms with Gasteiger partial charge >= 0.3 is 0 Å². The zero-order valence-electron chi connectivity index (χ0n) is 13.8. The van der Waals surface area contributed by atoms with Crippen LogP contribution in [0.4, 0.5) is 0 Å². The van der Waals surface area contributed by atoms with Crippen LogP contribution in [-0.4, -0.2) is 37.0 Å². The number of imide groups is 1. The number of rotatable bonds is 7. The zero-order chi connectivity index (χ0) is 17.8. The van der Waals surface area contributed by atoms with Gasteiger partial charge in [-0.05, 0) is 43.2 Å². The number of hydrogen-bond acceptors (Lipinski definition) is 4. The van der Waals surface area contributed by atoms with E-state index in [0.29, 0.717) is 42.2 Å². The SMILES string of the molecule is COc1cc(Br)ccc1OCCCCN1C(=O)c2ccccc2C1=O. The molecule has 2 amide bonds. The van der Waals surface area contributed by atoms with Crippen LogP contribution in [0, 0.1) is 0 Å². The molecular weight excluding hydrogens is 386 g/mol. The maximum absolute atomic E-state index is 12.3. The summed E-state index contributed by atoms with van der Waals surface area (Å²) in [5, 5.41) is 0. The van der Waals surface area contributed by atoms with Crippen LogP contribution in [0.3, 0.4) is 0 Å². The van der Waals surface area contributed by atoms with Gasteiger partial charge in [0.2, 0.25) is 0 Å². The third kappa shape index (κ3) is 3.69. The standard InChI is InChI=1S/C19H18BrNO4/c1-24-17-12-13(20)8-9-16(17)25-11-5-4-10-21-18(22)14-6-2-3-7-15(14)19(21)23/h2-3,6-9,12H,4-5,10-11H2,1H3. The van der Waals surface area contributed by atoms with E-state index in [1.165, 1.54) is 4.90 Å². The summed E-state index contributed by atoms with van der Waals surface area (Å²) in [4.78, 5) is 25.8. The van der Waals surface area contributed by atoms with E-state index in [1.54, 1.807) is 31.4 Å². The number of halogens is 1. The molecule has 0 bridgehead atoms. The van der Waals surface area contributed by atoms with Crippen molar-refractivity contribution >= 4 is 27.7 Å². The highest BCUT2D eigenvalue weighted by Gasteiger charge is 2.34. The van der Waals surface area contributed by atoms with Crippen LogP contribution in [0.1, 0.15) is 33.6 Å². The summed E-state index contributed by atoms with van der Waals surface area (Å²) in [6.07, 6.45) is 1.41. The van der Waals surface area contributed by atoms with E-state index in [-0.39, 0.29) is 11.8 Å². The van der Waals surface area contributed by atoms with E-state index in [4.69, 9.17) is 9.47 Å². The Kier molecular flexibility index (Phi) is 5.38. The molecule has 0 aromatic heterocycles. The fraction of sp³-hybridized carbons (Fsp3) is 0.263. The molecule has 0 radical (unpaired) electrons. The first-order valence-electron chi connectivity index (χ1n) is 8.03. The minimum absolute atomic E-state index is 0.212. The van der Waals surface area contributed by atoms with Gasteiger partial charge in [0.1, 0.15) is 0 Å². The van der Waals surface area contributed by atoms with Crippen LogP contribution in [-0.2, 0) is 0 Å². The number of ether oxygens (including phenoxy) is 2. The van der Waals surface area contributed by atoms with Gasteiger partial charge in [-0.25, -0.2) is 0 Å². The molecule has 0 aliphatic carbocycles. The highest BCUT2D eigenvalue weighted by atomic mass is 79.9. The van der Waals surface area contributed by atoms with Crippen molar-refractivity contribution in [1.82, 2.24) is 4.90 Å². The quantitative estimate of drug-likeness (QED) is 0.519. The summed E-state index contributed by atoms with van der Waals surface area (Å²) in [5.41, 5.74) is 0.978. The molecule has 6 heteroatoms. The highest BCUT2D eigenvalue weighted by molar-refractivity contribution is 9.10. The fourth-order valence-electron chi connectivity index (χ4n) is 2.76. The Morgan fingerprint density at radius 2 is 1.64 bits per heavy atom. The first-order chi connectivity index (χ1) is 12.1. The Morgan fingerprint density at radius 3 is 2.28 bits per heavy atom. The summed E-state index contributed by atoms with van der Waals surface area (Å²) >= 11 is 3.39. The van der Waals surface area contributed by atoms with Gasteiger partial charge in [-0.2, -0.15) is 0 Å². The smallest absolute Gasteiger partial charge is 0.261 e. The summed E-state index contributed by atoms with van der Waals surface area (Å²) in [5.74, 6) is 0.911. The maximum atomic E-state index is 12.3. The number of fused-ring (bicyclic) bond motifs is 1. The van der Waals surface area contributed by atoms with Gasteiger partial charge in [-0.3, -0.25) is 14.5 Å². The fourth-order valence-corrected chi connectivity index (χ4v) is 3.10. The second-order valence-corrected chi connectivity index (χ2v) is 6.57. The monoisotopic (exact) mass is 403 g/mol. The van der Waals surface area contributed by atoms with Crippen molar-refractivity contribution in [3.63, 3.8) is 0 Å². The average Bonchev–Trinajstić information content (AvgIpc) is 2.87. The lowest BCUT2D eigenvalue weighted by atomic mass is 10.1. The molecule has 25 heavy (non-hydrogen) atoms. The number of hydrogen-bond donors (Lipinski definition) is 0. The molecule has 5 nitrogen and oxygen atoms in total. The van der Waals surface area contributed by atoms with Gasteiger partial charge in [0.05, 0.1) is 24.8 Å². The molecule has 0 unspecified atom stereocenters. The lowest BCUT2D eigenvalue weighted by Crippen LogP contribution is -2.30. The zero-order valence-corrected chi connectivity index (χ0v) is 15.4. The minimum Gasteiger partial charge on any atom is -0.493 e. The minimum atomic E-state index is -0.212. The second-order valence-electron chi connectivity index (χ2n) is 5.66. The molecule has 0 spiro atoms. The number of methoxy groups -OCH3 is 1. The van der Waals surface area contributed by atoms with Crippen molar-refractivity contribution in [2.45, 2.75) is 12.8 Å². The second kappa shape index (κ2) is 7.70. The van der Waals surface area contributed by atoms with Crippen LogP contribution >= 0.6 is 15.9 Å². The normalized spacial score (nSPS) is 13.1. The number of unbranched alkanes of at least 4 members (excludes halogenated alkanes) is 1. The Labute approximate surface area is 154 Å². The van der Waals surface area contributed by atoms with Crippen molar-refractivity contribution in [2.75, 3.05) is 20.3 Å². The molecule has 1 aliphatic heterocycles. The number of amides is 2. The van der Waals surface area contributed by atoms with Crippen molar-refractivity contribution in [3.8, 4) is 11.5 Å². The predicted molar refractivity (Wildman–Crippen MR) is 97.2 cm³/mol. The van der Waals surface area contributed by atoms with Gasteiger partial charge in [0, 0.05) is 11.0 Å².